The van der Waals surface area contributed by atoms with Crippen molar-refractivity contribution in [3.8, 4) is 11.5 Å². The van der Waals surface area contributed by atoms with E-state index in [9.17, 15) is 14.4 Å². The smallest absolute Gasteiger partial charge is 0.255 e. The number of ether oxygens (including phenoxy) is 2. The van der Waals surface area contributed by atoms with Crippen LogP contribution >= 0.6 is 11.6 Å². The Morgan fingerprint density at radius 2 is 1.97 bits per heavy atom. The molecule has 1 aliphatic rings. The fraction of sp³-hybridized carbons (Fsp3) is 0.423. The van der Waals surface area contributed by atoms with E-state index in [0.717, 1.165) is 0 Å². The largest absolute Gasteiger partial charge is 0.497 e. The van der Waals surface area contributed by atoms with Crippen molar-refractivity contribution in [3.63, 3.8) is 0 Å². The van der Waals surface area contributed by atoms with Crippen molar-refractivity contribution in [2.24, 2.45) is 5.92 Å². The summed E-state index contributed by atoms with van der Waals surface area (Å²) >= 11 is 6.11. The molecule has 0 saturated heterocycles. The average Bonchev–Trinajstić information content (AvgIpc) is 2.85. The first-order valence-electron chi connectivity index (χ1n) is 11.7. The van der Waals surface area contributed by atoms with Gasteiger partial charge in [0.25, 0.3) is 11.8 Å². The quantitative estimate of drug-likeness (QED) is 0.670. The van der Waals surface area contributed by atoms with E-state index in [1.807, 2.05) is 13.8 Å². The molecule has 8 nitrogen and oxygen atoms in total. The van der Waals surface area contributed by atoms with Crippen molar-refractivity contribution in [2.75, 3.05) is 33.4 Å². The lowest BCUT2D eigenvalue weighted by molar-refractivity contribution is -0.123. The first kappa shape index (κ1) is 26.3. The minimum atomic E-state index is -0.326. The predicted octanol–water partition coefficient (Wildman–Crippen LogP) is 3.53. The number of halogens is 1. The van der Waals surface area contributed by atoms with Gasteiger partial charge in [-0.25, -0.2) is 0 Å². The van der Waals surface area contributed by atoms with Gasteiger partial charge in [-0.1, -0.05) is 31.5 Å². The van der Waals surface area contributed by atoms with Crippen molar-refractivity contribution >= 4 is 29.3 Å². The maximum atomic E-state index is 13.2. The minimum absolute atomic E-state index is 0.0572. The molecule has 3 amide bonds. The lowest BCUT2D eigenvalue weighted by Gasteiger charge is -2.26. The molecule has 1 aliphatic heterocycles. The van der Waals surface area contributed by atoms with Gasteiger partial charge in [-0.2, -0.15) is 0 Å². The van der Waals surface area contributed by atoms with E-state index in [1.165, 1.54) is 12.0 Å². The number of benzene rings is 2. The molecule has 1 atom stereocenters. The molecule has 0 fully saturated rings. The maximum absolute atomic E-state index is 13.2. The van der Waals surface area contributed by atoms with Crippen LogP contribution in [0.3, 0.4) is 0 Å². The first-order valence-corrected chi connectivity index (χ1v) is 12.1. The Morgan fingerprint density at radius 1 is 1.17 bits per heavy atom. The van der Waals surface area contributed by atoms with Crippen LogP contribution in [0, 0.1) is 5.92 Å². The van der Waals surface area contributed by atoms with Gasteiger partial charge < -0.3 is 25.0 Å². The van der Waals surface area contributed by atoms with E-state index in [0.29, 0.717) is 53.6 Å². The molecule has 0 radical (unpaired) electrons. The van der Waals surface area contributed by atoms with E-state index >= 15 is 0 Å². The number of amides is 3. The molecule has 0 aliphatic carbocycles. The number of methoxy groups -OCH3 is 1. The van der Waals surface area contributed by atoms with Crippen LogP contribution in [0.1, 0.15) is 47.4 Å². The van der Waals surface area contributed by atoms with Crippen LogP contribution in [0.25, 0.3) is 0 Å². The lowest BCUT2D eigenvalue weighted by Crippen LogP contribution is -2.48. The molecular formula is C26H32ClN3O5. The summed E-state index contributed by atoms with van der Waals surface area (Å²) in [6.45, 7) is 4.79. The molecule has 1 heterocycles. The monoisotopic (exact) mass is 501 g/mol. The van der Waals surface area contributed by atoms with Crippen molar-refractivity contribution in [1.29, 1.82) is 0 Å². The Bertz CT molecular complexity index is 1060. The highest BCUT2D eigenvalue weighted by Crippen LogP contribution is 2.24. The number of hydrogen-bond acceptors (Lipinski definition) is 5. The number of fused-ring (bicyclic) bond motifs is 1. The standard InChI is InChI=1S/C26H32ClN3O5/c1-17(2)22-16-35-23-10-9-19(27)14-21(23)25(32)28-11-4-5-12-30(15-24(31)29-22)26(33)18-7-6-8-20(13-18)34-3/h6-10,13-14,17,22H,4-5,11-12,15-16H2,1-3H3,(H,28,32)(H,29,31)/t22-/m0/s1. The third-order valence-corrected chi connectivity index (χ3v) is 6.07. The Labute approximate surface area is 210 Å². The summed E-state index contributed by atoms with van der Waals surface area (Å²) in [5.41, 5.74) is 0.787. The van der Waals surface area contributed by atoms with Gasteiger partial charge in [-0.05, 0) is 55.2 Å². The predicted molar refractivity (Wildman–Crippen MR) is 134 cm³/mol. The van der Waals surface area contributed by atoms with E-state index in [4.69, 9.17) is 21.1 Å². The van der Waals surface area contributed by atoms with Crippen LogP contribution in [0.2, 0.25) is 5.02 Å². The summed E-state index contributed by atoms with van der Waals surface area (Å²) in [4.78, 5) is 40.5. The average molecular weight is 502 g/mol. The van der Waals surface area contributed by atoms with E-state index < -0.39 is 0 Å². The molecule has 2 N–H and O–H groups in total. The Kier molecular flexibility index (Phi) is 9.37. The summed E-state index contributed by atoms with van der Waals surface area (Å²) < 4.78 is 11.2. The molecule has 3 rings (SSSR count). The van der Waals surface area contributed by atoms with Crippen molar-refractivity contribution in [1.82, 2.24) is 15.5 Å². The van der Waals surface area contributed by atoms with E-state index in [-0.39, 0.29) is 42.8 Å². The first-order chi connectivity index (χ1) is 16.8. The van der Waals surface area contributed by atoms with E-state index in [1.54, 1.807) is 42.5 Å². The molecular weight excluding hydrogens is 470 g/mol. The Balaban J connectivity index is 1.82. The van der Waals surface area contributed by atoms with Crippen LogP contribution < -0.4 is 20.1 Å². The fourth-order valence-electron chi connectivity index (χ4n) is 3.73. The van der Waals surface area contributed by atoms with Gasteiger partial charge in [0.05, 0.1) is 25.3 Å². The zero-order chi connectivity index (χ0) is 25.4. The van der Waals surface area contributed by atoms with Gasteiger partial charge in [0.2, 0.25) is 5.91 Å². The Hall–Kier alpha value is -3.26. The third kappa shape index (κ3) is 7.36. The van der Waals surface area contributed by atoms with Crippen LogP contribution in [0.5, 0.6) is 11.5 Å². The molecule has 2 aromatic carbocycles. The molecule has 2 aromatic rings. The second-order valence-electron chi connectivity index (χ2n) is 8.79. The number of carbonyl (C=O) groups is 3. The highest BCUT2D eigenvalue weighted by atomic mass is 35.5. The van der Waals surface area contributed by atoms with Crippen LogP contribution in [0.15, 0.2) is 42.5 Å². The number of rotatable bonds is 3. The molecule has 188 valence electrons. The number of nitrogens with one attached hydrogen (secondary N) is 2. The van der Waals surface area contributed by atoms with Crippen LogP contribution in [-0.4, -0.2) is 62.0 Å². The van der Waals surface area contributed by atoms with Crippen molar-refractivity contribution in [2.45, 2.75) is 32.7 Å². The van der Waals surface area contributed by atoms with Gasteiger partial charge in [-0.3, -0.25) is 14.4 Å². The van der Waals surface area contributed by atoms with Gasteiger partial charge in [0.15, 0.2) is 0 Å². The highest BCUT2D eigenvalue weighted by Gasteiger charge is 2.24. The molecule has 0 saturated carbocycles. The van der Waals surface area contributed by atoms with E-state index in [2.05, 4.69) is 10.6 Å². The maximum Gasteiger partial charge on any atom is 0.255 e. The Morgan fingerprint density at radius 3 is 2.71 bits per heavy atom. The second kappa shape index (κ2) is 12.4. The number of nitrogens with zero attached hydrogens (tertiary/aromatic N) is 1. The van der Waals surface area contributed by atoms with Crippen molar-refractivity contribution in [3.05, 3.63) is 58.6 Å². The van der Waals surface area contributed by atoms with Gasteiger partial charge in [0.1, 0.15) is 18.1 Å². The van der Waals surface area contributed by atoms with Crippen LogP contribution in [0.4, 0.5) is 0 Å². The molecule has 0 spiro atoms. The third-order valence-electron chi connectivity index (χ3n) is 5.83. The SMILES string of the molecule is COc1cccc(C(=O)N2CCCCNC(=O)c3cc(Cl)ccc3OC[C@@H](C(C)C)NC(=O)C2)c1. The lowest BCUT2D eigenvalue weighted by atomic mass is 10.1. The zero-order valence-corrected chi connectivity index (χ0v) is 21.1. The summed E-state index contributed by atoms with van der Waals surface area (Å²) in [5, 5.41) is 6.31. The second-order valence-corrected chi connectivity index (χ2v) is 9.23. The van der Waals surface area contributed by atoms with Gasteiger partial charge >= 0.3 is 0 Å². The molecule has 0 aromatic heterocycles. The molecule has 0 unspecified atom stereocenters. The van der Waals surface area contributed by atoms with Gasteiger partial charge in [0, 0.05) is 23.7 Å². The molecule has 0 bridgehead atoms. The number of carbonyl (C=O) groups excluding carboxylic acids is 3. The minimum Gasteiger partial charge on any atom is -0.497 e. The fourth-order valence-corrected chi connectivity index (χ4v) is 3.90. The summed E-state index contributed by atoms with van der Waals surface area (Å²) in [5.74, 6) is 0.207. The molecule has 9 heteroatoms. The summed E-state index contributed by atoms with van der Waals surface area (Å²) in [6, 6.07) is 11.4. The normalized spacial score (nSPS) is 17.9. The number of hydrogen-bond donors (Lipinski definition) is 2. The van der Waals surface area contributed by atoms with Crippen molar-refractivity contribution < 1.29 is 23.9 Å². The highest BCUT2D eigenvalue weighted by molar-refractivity contribution is 6.31. The summed E-state index contributed by atoms with van der Waals surface area (Å²) in [7, 11) is 1.54. The molecule has 35 heavy (non-hydrogen) atoms. The summed E-state index contributed by atoms with van der Waals surface area (Å²) in [6.07, 6.45) is 1.23. The zero-order valence-electron chi connectivity index (χ0n) is 20.3. The van der Waals surface area contributed by atoms with Crippen LogP contribution in [-0.2, 0) is 4.79 Å². The van der Waals surface area contributed by atoms with Gasteiger partial charge in [-0.15, -0.1) is 0 Å². The topological polar surface area (TPSA) is 97.0 Å².